The number of carbonyl (C=O) groups is 1. The molecule has 0 aliphatic carbocycles. The van der Waals surface area contributed by atoms with E-state index >= 15 is 0 Å². The lowest BCUT2D eigenvalue weighted by Gasteiger charge is -2.28. The van der Waals surface area contributed by atoms with Gasteiger partial charge in [0.2, 0.25) is 5.91 Å². The summed E-state index contributed by atoms with van der Waals surface area (Å²) in [6, 6.07) is 0. The Morgan fingerprint density at radius 3 is 2.53 bits per heavy atom. The summed E-state index contributed by atoms with van der Waals surface area (Å²) in [6.45, 7) is 4.21. The van der Waals surface area contributed by atoms with E-state index in [0.717, 1.165) is 0 Å². The van der Waals surface area contributed by atoms with Crippen molar-refractivity contribution >= 4 is 13.0 Å². The van der Waals surface area contributed by atoms with Crippen LogP contribution in [0.2, 0.25) is 0 Å². The SMILES string of the molecule is CC[C@H](B(O)O)N1CC[C@](N)(CC)C1=O. The van der Waals surface area contributed by atoms with Crippen molar-refractivity contribution < 1.29 is 14.8 Å². The van der Waals surface area contributed by atoms with Gasteiger partial charge in [0.1, 0.15) is 0 Å². The van der Waals surface area contributed by atoms with E-state index in [4.69, 9.17) is 15.8 Å². The quantitative estimate of drug-likeness (QED) is 0.530. The molecule has 15 heavy (non-hydrogen) atoms. The number of hydrogen-bond donors (Lipinski definition) is 3. The number of amides is 1. The number of carbonyl (C=O) groups excluding carboxylic acids is 1. The summed E-state index contributed by atoms with van der Waals surface area (Å²) in [4.78, 5) is 13.4. The Morgan fingerprint density at radius 1 is 1.60 bits per heavy atom. The van der Waals surface area contributed by atoms with Gasteiger partial charge in [0.25, 0.3) is 0 Å². The molecule has 4 N–H and O–H groups in total. The van der Waals surface area contributed by atoms with E-state index in [1.165, 1.54) is 4.90 Å². The molecular weight excluding hydrogens is 195 g/mol. The first kappa shape index (κ1) is 12.5. The van der Waals surface area contributed by atoms with Crippen molar-refractivity contribution in [2.75, 3.05) is 6.54 Å². The lowest BCUT2D eigenvalue weighted by atomic mass is 9.76. The first-order valence-electron chi connectivity index (χ1n) is 5.42. The molecule has 1 amide bonds. The standard InChI is InChI=1S/C9H19BN2O3/c1-3-7(10(14)15)12-6-5-9(11,4-2)8(12)13/h7,14-15H,3-6,11H2,1-2H3/t7-,9-/m1/s1. The highest BCUT2D eigenvalue weighted by atomic mass is 16.4. The highest BCUT2D eigenvalue weighted by Crippen LogP contribution is 2.26. The summed E-state index contributed by atoms with van der Waals surface area (Å²) in [5, 5.41) is 18.3. The number of hydrogen-bond acceptors (Lipinski definition) is 4. The van der Waals surface area contributed by atoms with Gasteiger partial charge < -0.3 is 20.7 Å². The van der Waals surface area contributed by atoms with Crippen LogP contribution in [0.1, 0.15) is 33.1 Å². The summed E-state index contributed by atoms with van der Waals surface area (Å²) < 4.78 is 0. The lowest BCUT2D eigenvalue weighted by molar-refractivity contribution is -0.133. The predicted octanol–water partition coefficient (Wildman–Crippen LogP) is -0.883. The highest BCUT2D eigenvalue weighted by molar-refractivity contribution is 6.43. The molecule has 1 fully saturated rings. The fourth-order valence-electron chi connectivity index (χ4n) is 2.05. The molecule has 0 spiro atoms. The topological polar surface area (TPSA) is 86.8 Å². The molecule has 0 radical (unpaired) electrons. The number of rotatable bonds is 4. The molecule has 2 atom stereocenters. The predicted molar refractivity (Wildman–Crippen MR) is 57.8 cm³/mol. The Morgan fingerprint density at radius 2 is 2.20 bits per heavy atom. The largest absolute Gasteiger partial charge is 0.475 e. The summed E-state index contributed by atoms with van der Waals surface area (Å²) in [7, 11) is -1.49. The van der Waals surface area contributed by atoms with Gasteiger partial charge in [0.05, 0.1) is 11.5 Å². The van der Waals surface area contributed by atoms with Crippen LogP contribution < -0.4 is 5.73 Å². The molecule has 5 nitrogen and oxygen atoms in total. The maximum Gasteiger partial charge on any atom is 0.475 e. The molecule has 0 bridgehead atoms. The second-order valence-electron chi connectivity index (χ2n) is 4.15. The molecule has 0 unspecified atom stereocenters. The number of nitrogens with two attached hydrogens (primary N) is 1. The molecule has 1 rings (SSSR count). The van der Waals surface area contributed by atoms with E-state index < -0.39 is 18.6 Å². The third-order valence-corrected chi connectivity index (χ3v) is 3.28. The summed E-state index contributed by atoms with van der Waals surface area (Å²) in [5.74, 6) is -0.695. The fraction of sp³-hybridized carbons (Fsp3) is 0.889. The average Bonchev–Trinajstić information content (AvgIpc) is 2.48. The molecule has 1 saturated heterocycles. The molecule has 0 aromatic rings. The van der Waals surface area contributed by atoms with E-state index in [2.05, 4.69) is 0 Å². The van der Waals surface area contributed by atoms with Gasteiger partial charge >= 0.3 is 7.12 Å². The van der Waals surface area contributed by atoms with Crippen LogP contribution in [0.25, 0.3) is 0 Å². The molecule has 86 valence electrons. The van der Waals surface area contributed by atoms with Crippen LogP contribution in [0.15, 0.2) is 0 Å². The number of likely N-dealkylation sites (tertiary alicyclic amines) is 1. The Labute approximate surface area is 90.4 Å². The maximum absolute atomic E-state index is 11.9. The van der Waals surface area contributed by atoms with Crippen molar-refractivity contribution in [2.24, 2.45) is 5.73 Å². The summed E-state index contributed by atoms with van der Waals surface area (Å²) in [6.07, 6.45) is 1.69. The van der Waals surface area contributed by atoms with Gasteiger partial charge in [-0.1, -0.05) is 13.8 Å². The van der Waals surface area contributed by atoms with Gasteiger partial charge in [-0.25, -0.2) is 0 Å². The van der Waals surface area contributed by atoms with Gasteiger partial charge in [-0.2, -0.15) is 0 Å². The van der Waals surface area contributed by atoms with E-state index in [9.17, 15) is 4.79 Å². The van der Waals surface area contributed by atoms with Crippen molar-refractivity contribution in [3.63, 3.8) is 0 Å². The molecule has 1 aliphatic heterocycles. The normalized spacial score (nSPS) is 28.3. The van der Waals surface area contributed by atoms with Crippen LogP contribution in [0.4, 0.5) is 0 Å². The Kier molecular flexibility index (Phi) is 3.75. The zero-order valence-corrected chi connectivity index (χ0v) is 9.31. The van der Waals surface area contributed by atoms with Gasteiger partial charge in [-0.05, 0) is 19.3 Å². The second-order valence-corrected chi connectivity index (χ2v) is 4.15. The first-order chi connectivity index (χ1) is 6.96. The van der Waals surface area contributed by atoms with Crippen molar-refractivity contribution in [1.29, 1.82) is 0 Å². The molecule has 0 aromatic heterocycles. The maximum atomic E-state index is 11.9. The van der Waals surface area contributed by atoms with Gasteiger partial charge in [0.15, 0.2) is 0 Å². The van der Waals surface area contributed by atoms with Crippen LogP contribution in [0, 0.1) is 0 Å². The van der Waals surface area contributed by atoms with Crippen molar-refractivity contribution in [3.05, 3.63) is 0 Å². The molecule has 1 aliphatic rings. The third kappa shape index (κ3) is 2.16. The van der Waals surface area contributed by atoms with E-state index in [1.54, 1.807) is 0 Å². The Hall–Kier alpha value is -0.585. The average molecular weight is 214 g/mol. The van der Waals surface area contributed by atoms with Gasteiger partial charge in [0, 0.05) is 6.54 Å². The monoisotopic (exact) mass is 214 g/mol. The van der Waals surface area contributed by atoms with Gasteiger partial charge in [-0.3, -0.25) is 4.79 Å². The van der Waals surface area contributed by atoms with Gasteiger partial charge in [-0.15, -0.1) is 0 Å². The minimum atomic E-state index is -1.49. The van der Waals surface area contributed by atoms with Crippen molar-refractivity contribution in [2.45, 2.75) is 44.6 Å². The molecule has 0 aromatic carbocycles. The third-order valence-electron chi connectivity index (χ3n) is 3.28. The van der Waals surface area contributed by atoms with E-state index in [1.807, 2.05) is 13.8 Å². The molecule has 6 heteroatoms. The van der Waals surface area contributed by atoms with Crippen LogP contribution in [0.3, 0.4) is 0 Å². The van der Waals surface area contributed by atoms with Crippen LogP contribution in [0.5, 0.6) is 0 Å². The minimum absolute atomic E-state index is 0.162. The first-order valence-corrected chi connectivity index (χ1v) is 5.42. The van der Waals surface area contributed by atoms with Crippen molar-refractivity contribution in [3.8, 4) is 0 Å². The fourth-order valence-corrected chi connectivity index (χ4v) is 2.05. The molecular formula is C9H19BN2O3. The molecule has 0 saturated carbocycles. The van der Waals surface area contributed by atoms with Crippen LogP contribution in [-0.4, -0.2) is 46.0 Å². The highest BCUT2D eigenvalue weighted by Gasteiger charge is 2.46. The second kappa shape index (κ2) is 4.51. The van der Waals surface area contributed by atoms with Crippen molar-refractivity contribution in [1.82, 2.24) is 4.90 Å². The smallest absolute Gasteiger partial charge is 0.426 e. The Balaban J connectivity index is 2.78. The molecule has 1 heterocycles. The zero-order chi connectivity index (χ0) is 11.6. The van der Waals surface area contributed by atoms with E-state index in [-0.39, 0.29) is 5.91 Å². The number of nitrogens with zero attached hydrogens (tertiary/aromatic N) is 1. The van der Waals surface area contributed by atoms with Crippen LogP contribution >= 0.6 is 0 Å². The Bertz CT molecular complexity index is 250. The minimum Gasteiger partial charge on any atom is -0.426 e. The van der Waals surface area contributed by atoms with Crippen LogP contribution in [-0.2, 0) is 4.79 Å². The summed E-state index contributed by atoms with van der Waals surface area (Å²) >= 11 is 0. The van der Waals surface area contributed by atoms with E-state index in [0.29, 0.717) is 25.8 Å². The lowest BCUT2D eigenvalue weighted by Crippen LogP contribution is -2.53. The summed E-state index contributed by atoms with van der Waals surface area (Å²) in [5.41, 5.74) is 5.13. The zero-order valence-electron chi connectivity index (χ0n) is 9.31.